The van der Waals surface area contributed by atoms with E-state index >= 15 is 0 Å². The van der Waals surface area contributed by atoms with Gasteiger partial charge in [0.25, 0.3) is 5.91 Å². The number of unbranched alkanes of at least 4 members (excludes halogenated alkanes) is 1. The molecule has 0 spiro atoms. The van der Waals surface area contributed by atoms with Crippen molar-refractivity contribution in [2.45, 2.75) is 70.5 Å². The van der Waals surface area contributed by atoms with E-state index in [1.807, 2.05) is 24.5 Å². The number of hydrogen-bond acceptors (Lipinski definition) is 8. The average molecular weight is 775 g/mol. The molecule has 4 heterocycles. The summed E-state index contributed by atoms with van der Waals surface area (Å²) >= 11 is 0. The number of phenolic OH excluding ortho intramolecular Hbond substituents is 1. The minimum absolute atomic E-state index is 0.120. The molecule has 300 valence electrons. The standard InChI is InChI=1S/C45H54N6O6/c46-18-24-56-26-28-57-27-25-55-23-6-9-34(52)8-3-4-20-50-22-19-47-42(50)31-51-21-17-33-14-13-32(29-41(33)51)7-5-12-40-43(37-10-1-2-11-39(37)48-40)44-38-30-35(53)15-16-36(38)45(54)49-44/h1-2,10-11,13-17,19,21-22,29-30,44,48,53H,3-9,12,18,20,23-28,31,46H2,(H,49,54). The molecule has 3 aromatic carbocycles. The number of nitrogens with one attached hydrogen (secondary N) is 2. The van der Waals surface area contributed by atoms with E-state index in [0.29, 0.717) is 71.1 Å². The molecule has 0 bridgehead atoms. The van der Waals surface area contributed by atoms with Gasteiger partial charge in [0, 0.05) is 84.4 Å². The fraction of sp³-hybridized carbons (Fsp3) is 0.400. The molecule has 1 aliphatic heterocycles. The first-order valence-corrected chi connectivity index (χ1v) is 20.2. The van der Waals surface area contributed by atoms with Crippen LogP contribution >= 0.6 is 0 Å². The van der Waals surface area contributed by atoms with Gasteiger partial charge in [-0.15, -0.1) is 0 Å². The summed E-state index contributed by atoms with van der Waals surface area (Å²) in [4.78, 5) is 33.7. The van der Waals surface area contributed by atoms with Crippen molar-refractivity contribution < 1.29 is 28.9 Å². The van der Waals surface area contributed by atoms with Crippen molar-refractivity contribution in [1.29, 1.82) is 0 Å². The number of aromatic hydroxyl groups is 1. The highest BCUT2D eigenvalue weighted by Crippen LogP contribution is 2.39. The quantitative estimate of drug-likeness (QED) is 0.0501. The molecule has 1 unspecified atom stereocenters. The van der Waals surface area contributed by atoms with Gasteiger partial charge in [-0.25, -0.2) is 4.98 Å². The summed E-state index contributed by atoms with van der Waals surface area (Å²) in [7, 11) is 0. The number of fused-ring (bicyclic) bond motifs is 3. The molecule has 7 rings (SSSR count). The number of para-hydroxylation sites is 1. The number of aromatic amines is 1. The Labute approximate surface area is 333 Å². The van der Waals surface area contributed by atoms with Gasteiger partial charge in [-0.3, -0.25) is 9.59 Å². The van der Waals surface area contributed by atoms with Crippen LogP contribution in [-0.2, 0) is 44.9 Å². The van der Waals surface area contributed by atoms with E-state index in [9.17, 15) is 14.7 Å². The van der Waals surface area contributed by atoms with Gasteiger partial charge in [0.05, 0.1) is 45.6 Å². The van der Waals surface area contributed by atoms with E-state index in [1.165, 1.54) is 16.5 Å². The number of Topliss-reactive ketones (excluding diaryl/α,β-unsaturated/α-hetero) is 1. The van der Waals surface area contributed by atoms with Crippen LogP contribution in [0.1, 0.15) is 83.1 Å². The third-order valence-corrected chi connectivity index (χ3v) is 10.7. The van der Waals surface area contributed by atoms with E-state index in [0.717, 1.165) is 78.6 Å². The van der Waals surface area contributed by atoms with Crippen molar-refractivity contribution in [2.75, 3.05) is 46.2 Å². The number of benzene rings is 3. The van der Waals surface area contributed by atoms with E-state index in [2.05, 4.69) is 62.0 Å². The number of phenols is 1. The number of nitrogens with two attached hydrogens (primary N) is 1. The number of ether oxygens (including phenoxy) is 3. The van der Waals surface area contributed by atoms with Crippen LogP contribution in [0.3, 0.4) is 0 Å². The summed E-state index contributed by atoms with van der Waals surface area (Å²) in [5, 5.41) is 15.7. The highest BCUT2D eigenvalue weighted by atomic mass is 16.5. The zero-order valence-electron chi connectivity index (χ0n) is 32.6. The van der Waals surface area contributed by atoms with Gasteiger partial charge in [-0.2, -0.15) is 0 Å². The topological polar surface area (TPSA) is 159 Å². The zero-order chi connectivity index (χ0) is 39.4. The maximum Gasteiger partial charge on any atom is 0.252 e. The lowest BCUT2D eigenvalue weighted by atomic mass is 9.94. The van der Waals surface area contributed by atoms with E-state index in [1.54, 1.807) is 18.2 Å². The molecule has 0 saturated carbocycles. The highest BCUT2D eigenvalue weighted by molar-refractivity contribution is 6.01. The van der Waals surface area contributed by atoms with E-state index in [4.69, 9.17) is 24.9 Å². The Hall–Kier alpha value is -5.27. The summed E-state index contributed by atoms with van der Waals surface area (Å²) < 4.78 is 20.8. The van der Waals surface area contributed by atoms with E-state index < -0.39 is 0 Å². The molecular weight excluding hydrogens is 721 g/mol. The predicted molar refractivity (Wildman–Crippen MR) is 221 cm³/mol. The number of ketones is 1. The van der Waals surface area contributed by atoms with Gasteiger partial charge < -0.3 is 44.5 Å². The Kier molecular flexibility index (Phi) is 13.8. The summed E-state index contributed by atoms with van der Waals surface area (Å²) in [6.07, 6.45) is 12.2. The maximum absolute atomic E-state index is 12.9. The van der Waals surface area contributed by atoms with Crippen molar-refractivity contribution in [1.82, 2.24) is 24.4 Å². The highest BCUT2D eigenvalue weighted by Gasteiger charge is 2.33. The normalized spacial score (nSPS) is 13.8. The van der Waals surface area contributed by atoms with Crippen molar-refractivity contribution >= 4 is 33.5 Å². The number of nitrogens with zero attached hydrogens (tertiary/aromatic N) is 3. The second-order valence-electron chi connectivity index (χ2n) is 14.7. The van der Waals surface area contributed by atoms with Crippen LogP contribution in [-0.4, -0.2) is 82.1 Å². The number of aromatic nitrogens is 4. The number of aryl methyl sites for hydroxylation is 3. The van der Waals surface area contributed by atoms with Crippen molar-refractivity contribution in [3.8, 4) is 5.75 Å². The lowest BCUT2D eigenvalue weighted by Gasteiger charge is -2.15. The van der Waals surface area contributed by atoms with Gasteiger partial charge in [-0.1, -0.05) is 30.3 Å². The monoisotopic (exact) mass is 774 g/mol. The van der Waals surface area contributed by atoms with Crippen LogP contribution < -0.4 is 11.1 Å². The molecule has 57 heavy (non-hydrogen) atoms. The van der Waals surface area contributed by atoms with E-state index in [-0.39, 0.29) is 23.5 Å². The SMILES string of the molecule is NCCOCCOCCOCCCC(=O)CCCCn1ccnc1Cn1ccc2ccc(CCCc3[nH]c4ccccc4c3C3NC(=O)c4ccc(O)cc43)cc21. The van der Waals surface area contributed by atoms with Crippen LogP contribution in [0.15, 0.2) is 85.3 Å². The van der Waals surface area contributed by atoms with Crippen molar-refractivity contribution in [2.24, 2.45) is 5.73 Å². The Bertz CT molecular complexity index is 2260. The van der Waals surface area contributed by atoms with Gasteiger partial charge in [0.1, 0.15) is 17.4 Å². The predicted octanol–water partition coefficient (Wildman–Crippen LogP) is 6.61. The summed E-state index contributed by atoms with van der Waals surface area (Å²) in [5.74, 6) is 1.31. The number of imidazole rings is 1. The number of amides is 1. The van der Waals surface area contributed by atoms with Gasteiger partial charge in [-0.05, 0) is 91.4 Å². The Morgan fingerprint density at radius 3 is 2.49 bits per heavy atom. The maximum atomic E-state index is 12.9. The molecule has 1 atom stereocenters. The minimum atomic E-state index is -0.327. The fourth-order valence-corrected chi connectivity index (χ4v) is 7.82. The van der Waals surface area contributed by atoms with Crippen LogP contribution in [0, 0.1) is 0 Å². The summed E-state index contributed by atoms with van der Waals surface area (Å²) in [5.41, 5.74) is 12.4. The molecule has 0 radical (unpaired) electrons. The molecule has 5 N–H and O–H groups in total. The lowest BCUT2D eigenvalue weighted by Crippen LogP contribution is -2.20. The first-order valence-electron chi connectivity index (χ1n) is 20.2. The Morgan fingerprint density at radius 2 is 1.63 bits per heavy atom. The molecular formula is C45H54N6O6. The fourth-order valence-electron chi connectivity index (χ4n) is 7.82. The summed E-state index contributed by atoms with van der Waals surface area (Å²) in [6.45, 7) is 5.19. The molecule has 3 aromatic heterocycles. The first-order chi connectivity index (χ1) is 28.0. The number of hydrogen-bond donors (Lipinski definition) is 4. The molecule has 12 heteroatoms. The second-order valence-corrected chi connectivity index (χ2v) is 14.7. The summed E-state index contributed by atoms with van der Waals surface area (Å²) in [6, 6.07) is 21.7. The molecule has 1 amide bonds. The van der Waals surface area contributed by atoms with Gasteiger partial charge in [0.15, 0.2) is 0 Å². The molecule has 12 nitrogen and oxygen atoms in total. The minimum Gasteiger partial charge on any atom is -0.508 e. The molecule has 1 aliphatic rings. The second kappa shape index (κ2) is 19.7. The number of carbonyl (C=O) groups excluding carboxylic acids is 2. The van der Waals surface area contributed by atoms with Gasteiger partial charge in [0.2, 0.25) is 0 Å². The number of rotatable bonds is 24. The Balaban J connectivity index is 0.880. The lowest BCUT2D eigenvalue weighted by molar-refractivity contribution is -0.119. The third-order valence-electron chi connectivity index (χ3n) is 10.7. The average Bonchev–Trinajstić information content (AvgIpc) is 4.00. The Morgan fingerprint density at radius 1 is 0.825 bits per heavy atom. The van der Waals surface area contributed by atoms with Crippen molar-refractivity contribution in [3.05, 3.63) is 119 Å². The number of H-pyrrole nitrogens is 1. The molecule has 0 saturated heterocycles. The number of carbonyl (C=O) groups is 2. The molecule has 0 fully saturated rings. The zero-order valence-corrected chi connectivity index (χ0v) is 32.6. The molecule has 0 aliphatic carbocycles. The molecule has 6 aromatic rings. The smallest absolute Gasteiger partial charge is 0.252 e. The van der Waals surface area contributed by atoms with Crippen LogP contribution in [0.2, 0.25) is 0 Å². The third kappa shape index (κ3) is 10.2. The largest absolute Gasteiger partial charge is 0.508 e. The first kappa shape index (κ1) is 39.9. The van der Waals surface area contributed by atoms with Crippen LogP contribution in [0.25, 0.3) is 21.8 Å². The van der Waals surface area contributed by atoms with Crippen molar-refractivity contribution in [3.63, 3.8) is 0 Å². The van der Waals surface area contributed by atoms with Crippen LogP contribution in [0.4, 0.5) is 0 Å². The van der Waals surface area contributed by atoms with Gasteiger partial charge >= 0.3 is 0 Å². The van der Waals surface area contributed by atoms with Crippen LogP contribution in [0.5, 0.6) is 5.75 Å².